The number of rotatable bonds is 2. The van der Waals surface area contributed by atoms with Crippen LogP contribution in [0.25, 0.3) is 0 Å². The fourth-order valence-electron chi connectivity index (χ4n) is 3.86. The normalized spacial score (nSPS) is 20.4. The Labute approximate surface area is 160 Å². The SMILES string of the molecule is CC1(N2CCCCC2)CCN(C(=N)SC(=N)c2ccc(C#N)cc2)CC1. The van der Waals surface area contributed by atoms with Crippen LogP contribution in [-0.4, -0.2) is 51.7 Å². The lowest BCUT2D eigenvalue weighted by Crippen LogP contribution is -2.55. The molecule has 2 heterocycles. The molecule has 2 aliphatic rings. The number of nitrogens with one attached hydrogen (secondary N) is 2. The molecule has 6 heteroatoms. The van der Waals surface area contributed by atoms with Gasteiger partial charge in [0, 0.05) is 24.2 Å². The van der Waals surface area contributed by atoms with E-state index in [-0.39, 0.29) is 5.54 Å². The third-order valence-corrected chi connectivity index (χ3v) is 6.61. The number of thioether (sulfide) groups is 1. The number of likely N-dealkylation sites (tertiary alicyclic amines) is 2. The van der Waals surface area contributed by atoms with E-state index >= 15 is 0 Å². The van der Waals surface area contributed by atoms with Gasteiger partial charge in [-0.2, -0.15) is 5.26 Å². The van der Waals surface area contributed by atoms with Gasteiger partial charge < -0.3 is 4.90 Å². The standard InChI is InChI=1S/C20H27N5S/c1-20(25-11-3-2-4-12-25)9-13-24(14-10-20)19(23)26-18(22)17-7-5-16(15-21)6-8-17/h5-8,22-23H,2-4,9-14H2,1H3. The second kappa shape index (κ2) is 8.24. The van der Waals surface area contributed by atoms with Crippen LogP contribution in [0.5, 0.6) is 0 Å². The lowest BCUT2D eigenvalue weighted by atomic mass is 9.86. The van der Waals surface area contributed by atoms with Crippen molar-refractivity contribution in [2.75, 3.05) is 26.2 Å². The summed E-state index contributed by atoms with van der Waals surface area (Å²) in [5.74, 6) is 0. The number of nitrogens with zero attached hydrogens (tertiary/aromatic N) is 3. The fourth-order valence-corrected chi connectivity index (χ4v) is 4.62. The summed E-state index contributed by atoms with van der Waals surface area (Å²) in [7, 11) is 0. The van der Waals surface area contributed by atoms with Gasteiger partial charge >= 0.3 is 0 Å². The van der Waals surface area contributed by atoms with Gasteiger partial charge in [0.2, 0.25) is 0 Å². The van der Waals surface area contributed by atoms with Gasteiger partial charge in [-0.3, -0.25) is 15.7 Å². The van der Waals surface area contributed by atoms with Crippen LogP contribution in [0.1, 0.15) is 50.2 Å². The monoisotopic (exact) mass is 369 g/mol. The molecule has 0 aliphatic carbocycles. The zero-order chi connectivity index (χ0) is 18.6. The van der Waals surface area contributed by atoms with Gasteiger partial charge in [-0.1, -0.05) is 18.6 Å². The van der Waals surface area contributed by atoms with Gasteiger partial charge in [0.05, 0.1) is 11.6 Å². The zero-order valence-corrected chi connectivity index (χ0v) is 16.2. The molecule has 0 radical (unpaired) electrons. The Morgan fingerprint density at radius 1 is 1.04 bits per heavy atom. The van der Waals surface area contributed by atoms with Gasteiger partial charge in [-0.05, 0) is 69.6 Å². The Morgan fingerprint density at radius 3 is 2.23 bits per heavy atom. The molecule has 2 N–H and O–H groups in total. The first-order valence-electron chi connectivity index (χ1n) is 9.37. The Hall–Kier alpha value is -1.84. The van der Waals surface area contributed by atoms with Crippen molar-refractivity contribution in [3.05, 3.63) is 35.4 Å². The minimum Gasteiger partial charge on any atom is -0.351 e. The van der Waals surface area contributed by atoms with Gasteiger partial charge in [-0.15, -0.1) is 0 Å². The Balaban J connectivity index is 1.53. The van der Waals surface area contributed by atoms with Crippen molar-refractivity contribution in [3.63, 3.8) is 0 Å². The molecule has 138 valence electrons. The smallest absolute Gasteiger partial charge is 0.162 e. The summed E-state index contributed by atoms with van der Waals surface area (Å²) in [5, 5.41) is 26.3. The maximum Gasteiger partial charge on any atom is 0.162 e. The van der Waals surface area contributed by atoms with E-state index in [0.29, 0.717) is 15.8 Å². The molecule has 0 unspecified atom stereocenters. The predicted octanol–water partition coefficient (Wildman–Crippen LogP) is 3.89. The third kappa shape index (κ3) is 4.28. The van der Waals surface area contributed by atoms with Crippen LogP contribution in [0.2, 0.25) is 0 Å². The molecule has 2 saturated heterocycles. The third-order valence-electron chi connectivity index (χ3n) is 5.72. The maximum absolute atomic E-state index is 8.87. The number of piperidine rings is 2. The molecule has 2 aliphatic heterocycles. The van der Waals surface area contributed by atoms with E-state index < -0.39 is 0 Å². The summed E-state index contributed by atoms with van der Waals surface area (Å²) < 4.78 is 0. The molecule has 0 saturated carbocycles. The van der Waals surface area contributed by atoms with E-state index in [1.54, 1.807) is 24.3 Å². The van der Waals surface area contributed by atoms with Crippen LogP contribution in [0.4, 0.5) is 0 Å². The minimum absolute atomic E-state index is 0.266. The molecular formula is C20H27N5S. The van der Waals surface area contributed by atoms with Gasteiger partial charge in [0.25, 0.3) is 0 Å². The Morgan fingerprint density at radius 2 is 1.65 bits per heavy atom. The lowest BCUT2D eigenvalue weighted by Gasteiger charge is -2.48. The summed E-state index contributed by atoms with van der Waals surface area (Å²) in [6.45, 7) is 6.59. The zero-order valence-electron chi connectivity index (χ0n) is 15.4. The van der Waals surface area contributed by atoms with Crippen molar-refractivity contribution >= 4 is 22.0 Å². The molecule has 0 spiro atoms. The highest BCUT2D eigenvalue weighted by atomic mass is 32.2. The van der Waals surface area contributed by atoms with Crippen LogP contribution in [0.15, 0.2) is 24.3 Å². The van der Waals surface area contributed by atoms with Crippen molar-refractivity contribution in [2.24, 2.45) is 0 Å². The predicted molar refractivity (Wildman–Crippen MR) is 108 cm³/mol. The number of amidine groups is 1. The van der Waals surface area contributed by atoms with E-state index in [2.05, 4.69) is 22.8 Å². The highest BCUT2D eigenvalue weighted by molar-refractivity contribution is 8.26. The van der Waals surface area contributed by atoms with Crippen molar-refractivity contribution in [1.82, 2.24) is 9.80 Å². The van der Waals surface area contributed by atoms with Crippen LogP contribution in [-0.2, 0) is 0 Å². The van der Waals surface area contributed by atoms with E-state index in [9.17, 15) is 0 Å². The van der Waals surface area contributed by atoms with Crippen LogP contribution < -0.4 is 0 Å². The van der Waals surface area contributed by atoms with Crippen LogP contribution in [0.3, 0.4) is 0 Å². The summed E-state index contributed by atoms with van der Waals surface area (Å²) in [6, 6.07) is 9.10. The number of hydrogen-bond acceptors (Lipinski definition) is 5. The Kier molecular flexibility index (Phi) is 6.00. The molecule has 3 rings (SSSR count). The second-order valence-corrected chi connectivity index (χ2v) is 8.46. The average molecular weight is 370 g/mol. The fraction of sp³-hybridized carbons (Fsp3) is 0.550. The molecule has 0 amide bonds. The first kappa shape index (κ1) is 18.9. The largest absolute Gasteiger partial charge is 0.351 e. The molecular weight excluding hydrogens is 342 g/mol. The van der Waals surface area contributed by atoms with Gasteiger partial charge in [0.1, 0.15) is 5.04 Å². The molecule has 0 atom stereocenters. The molecule has 0 bridgehead atoms. The van der Waals surface area contributed by atoms with E-state index in [4.69, 9.17) is 16.1 Å². The molecule has 1 aromatic carbocycles. The quantitative estimate of drug-likeness (QED) is 0.612. The van der Waals surface area contributed by atoms with Crippen LogP contribution in [0, 0.1) is 22.1 Å². The summed E-state index contributed by atoms with van der Waals surface area (Å²) in [4.78, 5) is 4.76. The maximum atomic E-state index is 8.87. The van der Waals surface area contributed by atoms with Crippen molar-refractivity contribution < 1.29 is 0 Å². The van der Waals surface area contributed by atoms with Crippen molar-refractivity contribution in [1.29, 1.82) is 16.1 Å². The summed E-state index contributed by atoms with van der Waals surface area (Å²) >= 11 is 1.20. The van der Waals surface area contributed by atoms with E-state index in [0.717, 1.165) is 31.5 Å². The number of nitriles is 1. The van der Waals surface area contributed by atoms with E-state index in [1.807, 2.05) is 0 Å². The molecule has 5 nitrogen and oxygen atoms in total. The Bertz CT molecular complexity index is 692. The molecule has 0 aromatic heterocycles. The van der Waals surface area contributed by atoms with E-state index in [1.165, 1.54) is 44.1 Å². The van der Waals surface area contributed by atoms with Gasteiger partial charge in [0.15, 0.2) is 5.17 Å². The molecule has 2 fully saturated rings. The second-order valence-electron chi connectivity index (χ2n) is 7.46. The summed E-state index contributed by atoms with van der Waals surface area (Å²) in [6.07, 6.45) is 6.15. The lowest BCUT2D eigenvalue weighted by molar-refractivity contribution is 0.0370. The topological polar surface area (TPSA) is 78.0 Å². The first-order valence-corrected chi connectivity index (χ1v) is 10.2. The molecule has 26 heavy (non-hydrogen) atoms. The minimum atomic E-state index is 0.266. The number of hydrogen-bond donors (Lipinski definition) is 2. The number of benzene rings is 1. The van der Waals surface area contributed by atoms with Crippen molar-refractivity contribution in [3.8, 4) is 6.07 Å². The highest BCUT2D eigenvalue weighted by Crippen LogP contribution is 2.32. The summed E-state index contributed by atoms with van der Waals surface area (Å²) in [5.41, 5.74) is 1.62. The molecule has 1 aromatic rings. The van der Waals surface area contributed by atoms with Gasteiger partial charge in [-0.25, -0.2) is 0 Å². The first-order chi connectivity index (χ1) is 12.5. The van der Waals surface area contributed by atoms with Crippen molar-refractivity contribution in [2.45, 2.75) is 44.6 Å². The van der Waals surface area contributed by atoms with Crippen LogP contribution >= 0.6 is 11.8 Å². The average Bonchev–Trinajstić information content (AvgIpc) is 2.69. The highest BCUT2D eigenvalue weighted by Gasteiger charge is 2.36.